The molecule has 33 heavy (non-hydrogen) atoms. The van der Waals surface area contributed by atoms with E-state index in [4.69, 9.17) is 30.9 Å². The van der Waals surface area contributed by atoms with Gasteiger partial charge in [0.15, 0.2) is 11.5 Å². The Morgan fingerprint density at radius 2 is 1.94 bits per heavy atom. The zero-order valence-corrected chi connectivity index (χ0v) is 19.8. The fourth-order valence-electron chi connectivity index (χ4n) is 3.92. The zero-order valence-electron chi connectivity index (χ0n) is 19.1. The van der Waals surface area contributed by atoms with Crippen LogP contribution in [0.3, 0.4) is 0 Å². The Morgan fingerprint density at radius 1 is 1.21 bits per heavy atom. The third kappa shape index (κ3) is 5.31. The molecule has 8 heteroatoms. The third-order valence-corrected chi connectivity index (χ3v) is 5.98. The largest absolute Gasteiger partial charge is 0.493 e. The molecule has 0 aliphatic carbocycles. The summed E-state index contributed by atoms with van der Waals surface area (Å²) in [6.07, 6.45) is 2.03. The van der Waals surface area contributed by atoms with Crippen molar-refractivity contribution in [2.75, 3.05) is 20.3 Å². The summed E-state index contributed by atoms with van der Waals surface area (Å²) < 4.78 is 19.4. The van der Waals surface area contributed by atoms with Gasteiger partial charge in [0, 0.05) is 25.1 Å². The normalized spacial score (nSPS) is 15.5. The molecule has 4 rings (SSSR count). The number of hydrogen-bond donors (Lipinski definition) is 0. The van der Waals surface area contributed by atoms with Crippen molar-refractivity contribution in [3.05, 3.63) is 64.8 Å². The van der Waals surface area contributed by atoms with E-state index >= 15 is 0 Å². The van der Waals surface area contributed by atoms with Crippen molar-refractivity contribution in [1.82, 2.24) is 14.7 Å². The van der Waals surface area contributed by atoms with Crippen molar-refractivity contribution >= 4 is 17.5 Å². The van der Waals surface area contributed by atoms with E-state index < -0.39 is 0 Å². The molecule has 3 aromatic rings. The summed E-state index contributed by atoms with van der Waals surface area (Å²) in [5.41, 5.74) is 2.39. The summed E-state index contributed by atoms with van der Waals surface area (Å²) in [4.78, 5) is 14.3. The summed E-state index contributed by atoms with van der Waals surface area (Å²) in [7, 11) is 1.60. The molecule has 7 nitrogen and oxygen atoms in total. The van der Waals surface area contributed by atoms with Gasteiger partial charge in [0.1, 0.15) is 0 Å². The van der Waals surface area contributed by atoms with Gasteiger partial charge in [-0.1, -0.05) is 23.7 Å². The van der Waals surface area contributed by atoms with Crippen LogP contribution in [0.25, 0.3) is 5.69 Å². The molecular formula is C25H28ClN3O4. The molecule has 1 aliphatic heterocycles. The Balaban J connectivity index is 1.74. The van der Waals surface area contributed by atoms with Gasteiger partial charge in [-0.25, -0.2) is 4.68 Å². The Morgan fingerprint density at radius 3 is 2.58 bits per heavy atom. The third-order valence-electron chi connectivity index (χ3n) is 5.73. The van der Waals surface area contributed by atoms with Crippen LogP contribution in [0.1, 0.15) is 31.0 Å². The maximum atomic E-state index is 12.5. The van der Waals surface area contributed by atoms with Crippen molar-refractivity contribution < 1.29 is 19.0 Å². The minimum atomic E-state index is -0.0209. The number of nitrogens with zero attached hydrogens (tertiary/aromatic N) is 3. The van der Waals surface area contributed by atoms with Crippen LogP contribution in [0.2, 0.25) is 5.02 Å². The lowest BCUT2D eigenvalue weighted by atomic mass is 10.2. The number of benzene rings is 2. The van der Waals surface area contributed by atoms with Crippen molar-refractivity contribution in [2.45, 2.75) is 39.3 Å². The van der Waals surface area contributed by atoms with Gasteiger partial charge in [0.25, 0.3) is 0 Å². The first-order valence-corrected chi connectivity index (χ1v) is 11.4. The van der Waals surface area contributed by atoms with Gasteiger partial charge >= 0.3 is 0 Å². The Hall–Kier alpha value is -3.03. The first kappa shape index (κ1) is 23.1. The molecule has 1 unspecified atom stereocenters. The number of amides is 1. The minimum absolute atomic E-state index is 0.0209. The molecule has 1 amide bonds. The van der Waals surface area contributed by atoms with Crippen LogP contribution in [0, 0.1) is 6.92 Å². The highest BCUT2D eigenvalue weighted by molar-refractivity contribution is 6.30. The topological polar surface area (TPSA) is 65.8 Å². The lowest BCUT2D eigenvalue weighted by Crippen LogP contribution is -2.35. The number of ether oxygens (including phenoxy) is 3. The molecule has 2 aromatic carbocycles. The first-order valence-electron chi connectivity index (χ1n) is 11.0. The van der Waals surface area contributed by atoms with Crippen LogP contribution in [0.5, 0.6) is 17.4 Å². The second-order valence-corrected chi connectivity index (χ2v) is 8.48. The molecule has 0 saturated carbocycles. The highest BCUT2D eigenvalue weighted by Gasteiger charge is 2.26. The Bertz CT molecular complexity index is 1110. The first-order chi connectivity index (χ1) is 16.0. The quantitative estimate of drug-likeness (QED) is 0.455. The van der Waals surface area contributed by atoms with E-state index in [9.17, 15) is 4.79 Å². The van der Waals surface area contributed by atoms with E-state index in [1.807, 2.05) is 43.3 Å². The number of para-hydroxylation sites is 2. The van der Waals surface area contributed by atoms with Crippen LogP contribution >= 0.6 is 11.6 Å². The molecule has 0 spiro atoms. The van der Waals surface area contributed by atoms with Crippen molar-refractivity contribution in [1.29, 1.82) is 0 Å². The van der Waals surface area contributed by atoms with Gasteiger partial charge in [0.05, 0.1) is 36.7 Å². The summed E-state index contributed by atoms with van der Waals surface area (Å²) in [6.45, 7) is 5.13. The molecule has 1 atom stereocenters. The van der Waals surface area contributed by atoms with Gasteiger partial charge < -0.3 is 19.1 Å². The second kappa shape index (κ2) is 10.3. The molecule has 0 bridgehead atoms. The molecule has 2 heterocycles. The Labute approximate surface area is 198 Å². The van der Waals surface area contributed by atoms with E-state index in [1.165, 1.54) is 0 Å². The molecule has 0 radical (unpaired) electrons. The monoisotopic (exact) mass is 469 g/mol. The Kier molecular flexibility index (Phi) is 7.20. The highest BCUT2D eigenvalue weighted by Crippen LogP contribution is 2.36. The van der Waals surface area contributed by atoms with Crippen LogP contribution in [0.4, 0.5) is 0 Å². The van der Waals surface area contributed by atoms with Gasteiger partial charge in [0.2, 0.25) is 11.8 Å². The van der Waals surface area contributed by atoms with E-state index in [2.05, 4.69) is 0 Å². The maximum absolute atomic E-state index is 12.5. The fourth-order valence-corrected chi connectivity index (χ4v) is 4.05. The standard InChI is InChI=1S/C25H28ClN3O4/c1-17-22(16-28(18(2)30)15-21-7-6-14-32-21)25(33-24-9-5-4-8-23(24)31-3)29(27-17)20-12-10-19(26)11-13-20/h4-5,8-13,21H,6-7,14-16H2,1-3H3. The lowest BCUT2D eigenvalue weighted by molar-refractivity contribution is -0.131. The van der Waals surface area contributed by atoms with Crippen LogP contribution in [-0.2, 0) is 16.1 Å². The predicted molar refractivity (Wildman–Crippen MR) is 126 cm³/mol. The highest BCUT2D eigenvalue weighted by atomic mass is 35.5. The SMILES string of the molecule is COc1ccccc1Oc1c(CN(CC2CCCO2)C(C)=O)c(C)nn1-c1ccc(Cl)cc1. The fraction of sp³-hybridized carbons (Fsp3) is 0.360. The molecule has 1 aliphatic rings. The summed E-state index contributed by atoms with van der Waals surface area (Å²) >= 11 is 6.10. The number of aryl methyl sites for hydroxylation is 1. The second-order valence-electron chi connectivity index (χ2n) is 8.04. The molecule has 1 fully saturated rings. The average Bonchev–Trinajstić information content (AvgIpc) is 3.43. The minimum Gasteiger partial charge on any atom is -0.493 e. The number of halogens is 1. The van der Waals surface area contributed by atoms with Gasteiger partial charge in [-0.05, 0) is 56.2 Å². The smallest absolute Gasteiger partial charge is 0.228 e. The lowest BCUT2D eigenvalue weighted by Gasteiger charge is -2.24. The van der Waals surface area contributed by atoms with Crippen molar-refractivity contribution in [3.8, 4) is 23.1 Å². The van der Waals surface area contributed by atoms with E-state index in [0.717, 1.165) is 36.4 Å². The van der Waals surface area contributed by atoms with Gasteiger partial charge in [-0.15, -0.1) is 0 Å². The maximum Gasteiger partial charge on any atom is 0.228 e. The predicted octanol–water partition coefficient (Wildman–Crippen LogP) is 5.16. The van der Waals surface area contributed by atoms with Gasteiger partial charge in [-0.3, -0.25) is 4.79 Å². The number of rotatable bonds is 8. The van der Waals surface area contributed by atoms with E-state index in [-0.39, 0.29) is 12.0 Å². The molecular weight excluding hydrogens is 442 g/mol. The van der Waals surface area contributed by atoms with Crippen LogP contribution in [-0.4, -0.2) is 47.0 Å². The average molecular weight is 470 g/mol. The number of methoxy groups -OCH3 is 1. The molecule has 0 N–H and O–H groups in total. The van der Waals surface area contributed by atoms with Gasteiger partial charge in [-0.2, -0.15) is 5.10 Å². The number of carbonyl (C=O) groups is 1. The zero-order chi connectivity index (χ0) is 23.4. The summed E-state index contributed by atoms with van der Waals surface area (Å²) in [6, 6.07) is 14.8. The van der Waals surface area contributed by atoms with E-state index in [1.54, 1.807) is 35.7 Å². The van der Waals surface area contributed by atoms with Crippen molar-refractivity contribution in [3.63, 3.8) is 0 Å². The number of hydrogen-bond acceptors (Lipinski definition) is 5. The molecule has 174 valence electrons. The van der Waals surface area contributed by atoms with E-state index in [0.29, 0.717) is 35.5 Å². The van der Waals surface area contributed by atoms with Crippen LogP contribution in [0.15, 0.2) is 48.5 Å². The summed E-state index contributed by atoms with van der Waals surface area (Å²) in [5.74, 6) is 1.67. The molecule has 1 aromatic heterocycles. The molecule has 1 saturated heterocycles. The van der Waals surface area contributed by atoms with Crippen LogP contribution < -0.4 is 9.47 Å². The summed E-state index contributed by atoms with van der Waals surface area (Å²) in [5, 5.41) is 5.38. The van der Waals surface area contributed by atoms with Crippen molar-refractivity contribution in [2.24, 2.45) is 0 Å². The number of carbonyl (C=O) groups excluding carboxylic acids is 1. The number of aromatic nitrogens is 2.